The fourth-order valence-corrected chi connectivity index (χ4v) is 11.8. The fourth-order valence-electron chi connectivity index (χ4n) is 10.2. The molecule has 0 aliphatic carbocycles. The first-order valence-electron chi connectivity index (χ1n) is 39.2. The molecule has 0 saturated heterocycles. The van der Waals surface area contributed by atoms with Crippen molar-refractivity contribution in [1.82, 2.24) is 0 Å². The number of carbonyl (C=O) groups excluding carboxylic acids is 4. The van der Waals surface area contributed by atoms with Gasteiger partial charge in [0.2, 0.25) is 0 Å². The van der Waals surface area contributed by atoms with Crippen LogP contribution in [0.1, 0.15) is 323 Å². The van der Waals surface area contributed by atoms with Crippen LogP contribution >= 0.6 is 15.6 Å². The third-order valence-corrected chi connectivity index (χ3v) is 18.1. The van der Waals surface area contributed by atoms with E-state index in [1.54, 1.807) is 0 Å². The molecule has 0 amide bonds. The lowest BCUT2D eigenvalue weighted by atomic mass is 10.1. The largest absolute Gasteiger partial charge is 0.472 e. The van der Waals surface area contributed by atoms with E-state index in [4.69, 9.17) is 37.0 Å². The highest BCUT2D eigenvalue weighted by atomic mass is 31.2. The van der Waals surface area contributed by atoms with Gasteiger partial charge in [0.15, 0.2) is 12.2 Å². The first-order chi connectivity index (χ1) is 48.7. The summed E-state index contributed by atoms with van der Waals surface area (Å²) in [4.78, 5) is 72.9. The van der Waals surface area contributed by atoms with Gasteiger partial charge in [0.25, 0.3) is 0 Å². The van der Waals surface area contributed by atoms with Crippen molar-refractivity contribution in [2.24, 2.45) is 0 Å². The van der Waals surface area contributed by atoms with E-state index in [1.165, 1.54) is 96.3 Å². The maximum Gasteiger partial charge on any atom is 0.472 e. The van der Waals surface area contributed by atoms with Crippen LogP contribution in [0.5, 0.6) is 0 Å². The van der Waals surface area contributed by atoms with E-state index in [2.05, 4.69) is 125 Å². The average Bonchev–Trinajstić information content (AvgIpc) is 0.945. The van der Waals surface area contributed by atoms with E-state index >= 15 is 0 Å². The van der Waals surface area contributed by atoms with Crippen molar-refractivity contribution in [2.75, 3.05) is 39.6 Å². The first-order valence-corrected chi connectivity index (χ1v) is 42.2. The van der Waals surface area contributed by atoms with Gasteiger partial charge in [-0.05, 0) is 141 Å². The van der Waals surface area contributed by atoms with Crippen molar-refractivity contribution in [1.29, 1.82) is 0 Å². The minimum atomic E-state index is -4.99. The lowest BCUT2D eigenvalue weighted by Crippen LogP contribution is -2.30. The number of ether oxygens (including phenoxy) is 4. The van der Waals surface area contributed by atoms with Crippen LogP contribution in [0.15, 0.2) is 109 Å². The standard InChI is InChI=1S/C81H140O17P2/c1-5-9-13-17-21-25-29-33-36-37-40-42-46-50-54-58-62-66-79(84)92-72-77(98-81(86)68-64-60-56-52-48-44-39-35-31-27-23-19-15-11-7-3)74-96-100(89,90)94-70-75(82)69-93-99(87,88)95-73-76(71-91-78(83)65-61-57-53-49-45-41-32-28-24-20-16-12-8-4)97-80(85)67-63-59-55-51-47-43-38-34-30-26-22-18-14-10-6-2/h21,25-28,30-36,38-40,42,50,54,75-77,82H,5-20,22-24,29,37,41,43-49,51-53,55-74H2,1-4H3,(H,87,88)(H,89,90)/b25-21-,30-26-,31-27-,32-28-,36-33-,38-34-,39-35-,42-40-,54-50-/t75-,76+,77+/m0/s1. The van der Waals surface area contributed by atoms with Crippen LogP contribution in [0.25, 0.3) is 0 Å². The number of aliphatic hydroxyl groups is 1. The second kappa shape index (κ2) is 73.0. The summed E-state index contributed by atoms with van der Waals surface area (Å²) >= 11 is 0. The van der Waals surface area contributed by atoms with Gasteiger partial charge >= 0.3 is 39.5 Å². The number of phosphoric ester groups is 2. The van der Waals surface area contributed by atoms with Crippen molar-refractivity contribution in [3.8, 4) is 0 Å². The van der Waals surface area contributed by atoms with Crippen LogP contribution < -0.4 is 0 Å². The van der Waals surface area contributed by atoms with Crippen LogP contribution in [0.3, 0.4) is 0 Å². The molecule has 17 nitrogen and oxygen atoms in total. The zero-order valence-corrected chi connectivity index (χ0v) is 64.6. The molecule has 0 heterocycles. The Morgan fingerprint density at radius 1 is 0.290 bits per heavy atom. The van der Waals surface area contributed by atoms with E-state index in [-0.39, 0.29) is 25.7 Å². The first kappa shape index (κ1) is 95.7. The number of hydrogen-bond donors (Lipinski definition) is 3. The molecule has 0 aromatic heterocycles. The predicted molar refractivity (Wildman–Crippen MR) is 408 cm³/mol. The minimum Gasteiger partial charge on any atom is -0.462 e. The zero-order valence-electron chi connectivity index (χ0n) is 62.8. The van der Waals surface area contributed by atoms with Gasteiger partial charge < -0.3 is 33.8 Å². The number of allylic oxidation sites excluding steroid dienone is 18. The van der Waals surface area contributed by atoms with Crippen molar-refractivity contribution in [2.45, 2.75) is 341 Å². The molecule has 0 aromatic carbocycles. The Bertz CT molecular complexity index is 2320. The van der Waals surface area contributed by atoms with E-state index < -0.39 is 97.5 Å². The Kier molecular flexibility index (Phi) is 69.9. The molecule has 0 bridgehead atoms. The third kappa shape index (κ3) is 72.1. The van der Waals surface area contributed by atoms with Crippen molar-refractivity contribution in [3.63, 3.8) is 0 Å². The van der Waals surface area contributed by atoms with Gasteiger partial charge in [-0.15, -0.1) is 0 Å². The molecule has 0 saturated carbocycles. The molecule has 0 aromatic rings. The summed E-state index contributed by atoms with van der Waals surface area (Å²) in [5, 5.41) is 10.6. The number of hydrogen-bond acceptors (Lipinski definition) is 15. The number of aliphatic hydroxyl groups excluding tert-OH is 1. The number of esters is 4. The molecule has 0 fully saturated rings. The molecule has 5 atom stereocenters. The summed E-state index contributed by atoms with van der Waals surface area (Å²) in [7, 11) is -9.98. The van der Waals surface area contributed by atoms with Crippen LogP contribution in [-0.4, -0.2) is 96.7 Å². The van der Waals surface area contributed by atoms with Crippen LogP contribution in [0.4, 0.5) is 0 Å². The molecule has 19 heteroatoms. The maximum absolute atomic E-state index is 13.1. The molecular formula is C81H140O17P2. The summed E-state index contributed by atoms with van der Waals surface area (Å²) in [6, 6.07) is 0. The Balaban J connectivity index is 5.43. The Hall–Kier alpha value is -4.28. The minimum absolute atomic E-state index is 0.0643. The number of rotatable bonds is 73. The van der Waals surface area contributed by atoms with Gasteiger partial charge in [0.1, 0.15) is 19.3 Å². The molecule has 2 unspecified atom stereocenters. The van der Waals surface area contributed by atoms with Gasteiger partial charge in [-0.1, -0.05) is 265 Å². The Labute approximate surface area is 607 Å². The quantitative estimate of drug-likeness (QED) is 0.0128. The van der Waals surface area contributed by atoms with Crippen molar-refractivity contribution in [3.05, 3.63) is 109 Å². The second-order valence-corrected chi connectivity index (χ2v) is 28.9. The molecule has 0 aliphatic rings. The van der Waals surface area contributed by atoms with E-state index in [0.717, 1.165) is 141 Å². The highest BCUT2D eigenvalue weighted by molar-refractivity contribution is 7.47. The van der Waals surface area contributed by atoms with Gasteiger partial charge in [-0.3, -0.25) is 37.3 Å². The fraction of sp³-hybridized carbons (Fsp3) is 0.728. The molecule has 3 N–H and O–H groups in total. The number of unbranched alkanes of at least 4 members (excludes halogenated alkanes) is 31. The molecule has 100 heavy (non-hydrogen) atoms. The predicted octanol–water partition coefficient (Wildman–Crippen LogP) is 22.6. The number of carbonyl (C=O) groups is 4. The summed E-state index contributed by atoms with van der Waals surface area (Å²) < 4.78 is 68.4. The Morgan fingerprint density at radius 3 is 0.880 bits per heavy atom. The van der Waals surface area contributed by atoms with Crippen molar-refractivity contribution < 1.29 is 80.2 Å². The maximum atomic E-state index is 13.1. The van der Waals surface area contributed by atoms with E-state index in [0.29, 0.717) is 32.1 Å². The normalized spacial score (nSPS) is 14.5. The number of phosphoric acid groups is 2. The summed E-state index contributed by atoms with van der Waals surface area (Å²) in [5.41, 5.74) is 0. The third-order valence-electron chi connectivity index (χ3n) is 16.2. The zero-order chi connectivity index (χ0) is 73.2. The summed E-state index contributed by atoms with van der Waals surface area (Å²) in [5.74, 6) is -2.28. The summed E-state index contributed by atoms with van der Waals surface area (Å²) in [6.45, 7) is 4.70. The van der Waals surface area contributed by atoms with E-state index in [9.17, 15) is 43.2 Å². The van der Waals surface area contributed by atoms with Crippen LogP contribution in [-0.2, 0) is 65.4 Å². The lowest BCUT2D eigenvalue weighted by molar-refractivity contribution is -0.161. The molecule has 576 valence electrons. The smallest absolute Gasteiger partial charge is 0.462 e. The summed E-state index contributed by atoms with van der Waals surface area (Å²) in [6.07, 6.45) is 77.9. The second-order valence-electron chi connectivity index (χ2n) is 26.0. The SMILES string of the molecule is CCCCC/C=C\C/C=C\C/C=C\C/C=C\CCCC(=O)OC[C@H](COP(=O)(O)OC[C@@H](O)COP(=O)(O)OC[C@@H](COC(=O)CCCCCCC/C=C\CCCCCC)OC(=O)CCCCCCC/C=C\C=C/CCCCCC)OC(=O)CCCCCCC/C=C\C=C/CCCCCC. The van der Waals surface area contributed by atoms with Gasteiger partial charge in [0, 0.05) is 25.7 Å². The molecule has 0 radical (unpaired) electrons. The highest BCUT2D eigenvalue weighted by Gasteiger charge is 2.30. The van der Waals surface area contributed by atoms with Gasteiger partial charge in [0.05, 0.1) is 26.4 Å². The van der Waals surface area contributed by atoms with Crippen LogP contribution in [0, 0.1) is 0 Å². The van der Waals surface area contributed by atoms with Gasteiger partial charge in [-0.25, -0.2) is 9.13 Å². The molecular weight excluding hydrogens is 1310 g/mol. The van der Waals surface area contributed by atoms with E-state index in [1.807, 2.05) is 12.2 Å². The Morgan fingerprint density at radius 2 is 0.530 bits per heavy atom. The molecule has 0 spiro atoms. The van der Waals surface area contributed by atoms with Gasteiger partial charge in [-0.2, -0.15) is 0 Å². The highest BCUT2D eigenvalue weighted by Crippen LogP contribution is 2.45. The lowest BCUT2D eigenvalue weighted by Gasteiger charge is -2.21. The monoisotopic (exact) mass is 1450 g/mol. The molecule has 0 rings (SSSR count). The topological polar surface area (TPSA) is 237 Å². The average molecular weight is 1450 g/mol. The van der Waals surface area contributed by atoms with Crippen molar-refractivity contribution >= 4 is 39.5 Å². The molecule has 0 aliphatic heterocycles. The van der Waals surface area contributed by atoms with Crippen LogP contribution in [0.2, 0.25) is 0 Å².